The lowest BCUT2D eigenvalue weighted by Gasteiger charge is -2.47. The molecule has 2 aliphatic heterocycles. The highest BCUT2D eigenvalue weighted by molar-refractivity contribution is 5.48. The Labute approximate surface area is 112 Å². The monoisotopic (exact) mass is 261 g/mol. The van der Waals surface area contributed by atoms with E-state index in [4.69, 9.17) is 19.9 Å². The molecule has 2 heterocycles. The van der Waals surface area contributed by atoms with Gasteiger partial charge in [-0.05, 0) is 30.5 Å². The van der Waals surface area contributed by atoms with Crippen molar-refractivity contribution in [3.63, 3.8) is 0 Å². The topological polar surface area (TPSA) is 53.7 Å². The molecule has 0 atom stereocenters. The SMILES string of the molecule is NC1(C2(c3ccc4c(c3)OCCCO4)COC2)CC1. The van der Waals surface area contributed by atoms with Gasteiger partial charge in [-0.3, -0.25) is 0 Å². The van der Waals surface area contributed by atoms with Gasteiger partial charge < -0.3 is 19.9 Å². The van der Waals surface area contributed by atoms with Crippen molar-refractivity contribution in [1.29, 1.82) is 0 Å². The Morgan fingerprint density at radius 1 is 1.00 bits per heavy atom. The summed E-state index contributed by atoms with van der Waals surface area (Å²) < 4.78 is 16.9. The van der Waals surface area contributed by atoms with Crippen LogP contribution in [0.2, 0.25) is 0 Å². The van der Waals surface area contributed by atoms with Crippen LogP contribution in [0.25, 0.3) is 0 Å². The van der Waals surface area contributed by atoms with Gasteiger partial charge in [0.1, 0.15) is 0 Å². The van der Waals surface area contributed by atoms with E-state index in [1.54, 1.807) is 0 Å². The minimum absolute atomic E-state index is 0.0162. The Kier molecular flexibility index (Phi) is 2.35. The normalized spacial score (nSPS) is 26.2. The summed E-state index contributed by atoms with van der Waals surface area (Å²) in [6.07, 6.45) is 3.11. The van der Waals surface area contributed by atoms with Crippen molar-refractivity contribution in [3.8, 4) is 11.5 Å². The first kappa shape index (κ1) is 11.6. The maximum atomic E-state index is 6.47. The zero-order valence-electron chi connectivity index (χ0n) is 11.0. The summed E-state index contributed by atoms with van der Waals surface area (Å²) in [7, 11) is 0. The molecule has 1 saturated heterocycles. The van der Waals surface area contributed by atoms with Gasteiger partial charge in [-0.25, -0.2) is 0 Å². The highest BCUT2D eigenvalue weighted by Crippen LogP contribution is 2.54. The van der Waals surface area contributed by atoms with E-state index in [1.165, 1.54) is 5.56 Å². The van der Waals surface area contributed by atoms with Crippen molar-refractivity contribution in [3.05, 3.63) is 23.8 Å². The second-order valence-corrected chi connectivity index (χ2v) is 5.94. The molecule has 0 radical (unpaired) electrons. The fraction of sp³-hybridized carbons (Fsp3) is 0.600. The molecule has 1 aromatic carbocycles. The lowest BCUT2D eigenvalue weighted by molar-refractivity contribution is -0.0787. The summed E-state index contributed by atoms with van der Waals surface area (Å²) in [6, 6.07) is 6.25. The minimum atomic E-state index is -0.0783. The number of ether oxygens (including phenoxy) is 3. The smallest absolute Gasteiger partial charge is 0.161 e. The van der Waals surface area contributed by atoms with Gasteiger partial charge in [0.2, 0.25) is 0 Å². The van der Waals surface area contributed by atoms with E-state index >= 15 is 0 Å². The third kappa shape index (κ3) is 1.60. The molecular weight excluding hydrogens is 242 g/mol. The van der Waals surface area contributed by atoms with E-state index in [0.717, 1.165) is 50.6 Å². The van der Waals surface area contributed by atoms with Crippen LogP contribution in [0.5, 0.6) is 11.5 Å². The fourth-order valence-corrected chi connectivity index (χ4v) is 3.12. The lowest BCUT2D eigenvalue weighted by atomic mass is 9.70. The van der Waals surface area contributed by atoms with Crippen LogP contribution >= 0.6 is 0 Å². The molecule has 2 fully saturated rings. The van der Waals surface area contributed by atoms with Crippen molar-refractivity contribution in [2.75, 3.05) is 26.4 Å². The van der Waals surface area contributed by atoms with Gasteiger partial charge in [0.25, 0.3) is 0 Å². The van der Waals surface area contributed by atoms with Gasteiger partial charge in [-0.1, -0.05) is 6.07 Å². The molecule has 19 heavy (non-hydrogen) atoms. The maximum absolute atomic E-state index is 6.47. The van der Waals surface area contributed by atoms with E-state index in [2.05, 4.69) is 12.1 Å². The average Bonchev–Trinajstić information content (AvgIpc) is 3.11. The Bertz CT molecular complexity index is 506. The molecule has 1 aliphatic carbocycles. The zero-order chi connectivity index (χ0) is 12.9. The molecule has 0 spiro atoms. The predicted octanol–water partition coefficient (Wildman–Crippen LogP) is 1.61. The molecule has 4 rings (SSSR count). The molecule has 2 N–H and O–H groups in total. The van der Waals surface area contributed by atoms with Crippen LogP contribution in [0.4, 0.5) is 0 Å². The van der Waals surface area contributed by atoms with E-state index < -0.39 is 0 Å². The van der Waals surface area contributed by atoms with Crippen molar-refractivity contribution in [2.45, 2.75) is 30.2 Å². The molecular formula is C15H19NO3. The molecule has 4 heteroatoms. The molecule has 0 amide bonds. The molecule has 0 bridgehead atoms. The average molecular weight is 261 g/mol. The lowest BCUT2D eigenvalue weighted by Crippen LogP contribution is -2.60. The summed E-state index contributed by atoms with van der Waals surface area (Å²) in [5.74, 6) is 1.70. The molecule has 0 aromatic heterocycles. The highest BCUT2D eigenvalue weighted by atomic mass is 16.5. The van der Waals surface area contributed by atoms with E-state index in [1.807, 2.05) is 6.07 Å². The summed E-state index contributed by atoms with van der Waals surface area (Å²) in [5, 5.41) is 0. The number of hydrogen-bond donors (Lipinski definition) is 1. The van der Waals surface area contributed by atoms with Crippen LogP contribution in [0.1, 0.15) is 24.8 Å². The summed E-state index contributed by atoms with van der Waals surface area (Å²) in [5.41, 5.74) is 7.62. The second-order valence-electron chi connectivity index (χ2n) is 5.94. The minimum Gasteiger partial charge on any atom is -0.490 e. The molecule has 1 saturated carbocycles. The Morgan fingerprint density at radius 2 is 1.74 bits per heavy atom. The number of benzene rings is 1. The van der Waals surface area contributed by atoms with Crippen LogP contribution in [-0.2, 0) is 10.2 Å². The maximum Gasteiger partial charge on any atom is 0.161 e. The first-order chi connectivity index (χ1) is 9.24. The Balaban J connectivity index is 1.73. The Morgan fingerprint density at radius 3 is 2.37 bits per heavy atom. The number of rotatable bonds is 2. The standard InChI is InChI=1S/C15H19NO3/c16-15(4-5-15)14(9-17-10-14)11-2-3-12-13(8-11)19-7-1-6-18-12/h2-3,8H,1,4-7,9-10,16H2. The van der Waals surface area contributed by atoms with Gasteiger partial charge in [0.05, 0.1) is 31.8 Å². The van der Waals surface area contributed by atoms with Crippen molar-refractivity contribution < 1.29 is 14.2 Å². The van der Waals surface area contributed by atoms with Gasteiger partial charge in [-0.2, -0.15) is 0 Å². The van der Waals surface area contributed by atoms with Crippen molar-refractivity contribution in [2.24, 2.45) is 5.73 Å². The molecule has 3 aliphatic rings. The second kappa shape index (κ2) is 3.87. The van der Waals surface area contributed by atoms with Crippen molar-refractivity contribution in [1.82, 2.24) is 0 Å². The van der Waals surface area contributed by atoms with Gasteiger partial charge in [0.15, 0.2) is 11.5 Å². The van der Waals surface area contributed by atoms with Gasteiger partial charge in [-0.15, -0.1) is 0 Å². The zero-order valence-corrected chi connectivity index (χ0v) is 11.0. The van der Waals surface area contributed by atoms with Crippen LogP contribution in [0.3, 0.4) is 0 Å². The highest BCUT2D eigenvalue weighted by Gasteiger charge is 2.61. The molecule has 1 aromatic rings. The van der Waals surface area contributed by atoms with E-state index in [9.17, 15) is 0 Å². The number of fused-ring (bicyclic) bond motifs is 1. The summed E-state index contributed by atoms with van der Waals surface area (Å²) >= 11 is 0. The Hall–Kier alpha value is -1.26. The molecule has 102 valence electrons. The van der Waals surface area contributed by atoms with Crippen LogP contribution < -0.4 is 15.2 Å². The predicted molar refractivity (Wildman–Crippen MR) is 70.7 cm³/mol. The van der Waals surface area contributed by atoms with Crippen LogP contribution in [0, 0.1) is 0 Å². The largest absolute Gasteiger partial charge is 0.490 e. The number of hydrogen-bond acceptors (Lipinski definition) is 4. The van der Waals surface area contributed by atoms with Crippen LogP contribution in [0.15, 0.2) is 18.2 Å². The number of nitrogens with two attached hydrogens (primary N) is 1. The summed E-state index contributed by atoms with van der Waals surface area (Å²) in [4.78, 5) is 0. The third-order valence-corrected chi connectivity index (χ3v) is 4.74. The quantitative estimate of drug-likeness (QED) is 0.878. The van der Waals surface area contributed by atoms with Crippen molar-refractivity contribution >= 4 is 0 Å². The molecule has 4 nitrogen and oxygen atoms in total. The van der Waals surface area contributed by atoms with Gasteiger partial charge >= 0.3 is 0 Å². The third-order valence-electron chi connectivity index (χ3n) is 4.74. The van der Waals surface area contributed by atoms with Crippen LogP contribution in [-0.4, -0.2) is 32.0 Å². The molecule has 0 unspecified atom stereocenters. The summed E-state index contributed by atoms with van der Waals surface area (Å²) in [6.45, 7) is 2.89. The first-order valence-corrected chi connectivity index (χ1v) is 7.00. The fourth-order valence-electron chi connectivity index (χ4n) is 3.12. The van der Waals surface area contributed by atoms with E-state index in [-0.39, 0.29) is 11.0 Å². The van der Waals surface area contributed by atoms with Gasteiger partial charge in [0, 0.05) is 12.0 Å². The van der Waals surface area contributed by atoms with E-state index in [0.29, 0.717) is 6.61 Å². The first-order valence-electron chi connectivity index (χ1n) is 7.00.